The zero-order valence-corrected chi connectivity index (χ0v) is 19.4. The molecule has 0 aliphatic heterocycles. The molecule has 2 saturated carbocycles. The largest absolute Gasteiger partial charge is 0.461 e. The molecule has 2 aliphatic carbocycles. The van der Waals surface area contributed by atoms with E-state index in [1.54, 1.807) is 6.08 Å². The van der Waals surface area contributed by atoms with Gasteiger partial charge in [0.15, 0.2) is 0 Å². The molecule has 1 aromatic carbocycles. The third kappa shape index (κ3) is 7.73. The van der Waals surface area contributed by atoms with Gasteiger partial charge in [0.2, 0.25) is 0 Å². The third-order valence-electron chi connectivity index (χ3n) is 5.78. The molecule has 3 rings (SSSR count). The van der Waals surface area contributed by atoms with Crippen molar-refractivity contribution in [3.63, 3.8) is 0 Å². The van der Waals surface area contributed by atoms with Gasteiger partial charge in [0.05, 0.1) is 12.7 Å². The Hall–Kier alpha value is -2.22. The summed E-state index contributed by atoms with van der Waals surface area (Å²) >= 11 is 0. The molecule has 2 aliphatic rings. The Morgan fingerprint density at radius 3 is 2.44 bits per heavy atom. The van der Waals surface area contributed by atoms with E-state index < -0.39 is 5.54 Å². The molecule has 1 unspecified atom stereocenters. The van der Waals surface area contributed by atoms with Crippen LogP contribution in [0.1, 0.15) is 70.4 Å². The second-order valence-electron chi connectivity index (χ2n) is 9.10. The first-order valence-corrected chi connectivity index (χ1v) is 11.7. The number of hydroxylamine groups is 1. The second-order valence-corrected chi connectivity index (χ2v) is 9.10. The lowest BCUT2D eigenvalue weighted by Crippen LogP contribution is -2.41. The van der Waals surface area contributed by atoms with Crippen molar-refractivity contribution in [3.05, 3.63) is 41.5 Å². The number of rotatable bonds is 12. The molecule has 7 nitrogen and oxygen atoms in total. The van der Waals surface area contributed by atoms with Gasteiger partial charge in [-0.15, -0.1) is 0 Å². The summed E-state index contributed by atoms with van der Waals surface area (Å²) < 4.78 is 11.1. The summed E-state index contributed by atoms with van der Waals surface area (Å²) in [5.41, 5.74) is 3.89. The number of carbonyl (C=O) groups is 2. The number of ether oxygens (including phenoxy) is 2. The highest BCUT2D eigenvalue weighted by molar-refractivity contribution is 5.90. The summed E-state index contributed by atoms with van der Waals surface area (Å²) in [7, 11) is 0. The number of nitrogens with one attached hydrogen (secondary N) is 2. The van der Waals surface area contributed by atoms with Gasteiger partial charge in [0.25, 0.3) is 5.91 Å². The van der Waals surface area contributed by atoms with E-state index in [9.17, 15) is 9.59 Å². The van der Waals surface area contributed by atoms with Crippen molar-refractivity contribution >= 4 is 18.0 Å². The first kappa shape index (κ1) is 24.4. The average Bonchev–Trinajstić information content (AvgIpc) is 3.41. The minimum atomic E-state index is -0.503. The van der Waals surface area contributed by atoms with Crippen molar-refractivity contribution in [2.24, 2.45) is 0 Å². The third-order valence-corrected chi connectivity index (χ3v) is 5.78. The number of benzene rings is 1. The van der Waals surface area contributed by atoms with Crippen LogP contribution < -0.4 is 10.8 Å². The highest BCUT2D eigenvalue weighted by Gasteiger charge is 2.51. The van der Waals surface area contributed by atoms with E-state index in [4.69, 9.17) is 14.3 Å². The molecule has 7 heteroatoms. The smallest absolute Gasteiger partial charge is 0.326 e. The molecular formula is C25H36N2O5. The monoisotopic (exact) mass is 444 g/mol. The van der Waals surface area contributed by atoms with Crippen LogP contribution in [0.3, 0.4) is 0 Å². The molecule has 2 fully saturated rings. The van der Waals surface area contributed by atoms with Crippen molar-refractivity contribution in [2.45, 2.75) is 89.7 Å². The zero-order valence-electron chi connectivity index (χ0n) is 19.4. The maximum atomic E-state index is 12.5. The van der Waals surface area contributed by atoms with E-state index in [1.165, 1.54) is 6.08 Å². The minimum Gasteiger partial charge on any atom is -0.461 e. The van der Waals surface area contributed by atoms with Crippen LogP contribution in [0, 0.1) is 0 Å². The number of hydrogen-bond donors (Lipinski definition) is 2. The van der Waals surface area contributed by atoms with Gasteiger partial charge >= 0.3 is 5.97 Å². The van der Waals surface area contributed by atoms with Crippen LogP contribution in [-0.4, -0.2) is 42.3 Å². The van der Waals surface area contributed by atoms with Gasteiger partial charge in [0, 0.05) is 12.6 Å². The fraction of sp³-hybridized carbons (Fsp3) is 0.600. The summed E-state index contributed by atoms with van der Waals surface area (Å²) in [6.45, 7) is 6.75. The molecule has 176 valence electrons. The molecule has 0 saturated heterocycles. The zero-order chi connectivity index (χ0) is 23.0. The summed E-state index contributed by atoms with van der Waals surface area (Å²) in [6.07, 6.45) is 9.11. The molecule has 0 spiro atoms. The second kappa shape index (κ2) is 11.6. The topological polar surface area (TPSA) is 85.9 Å². The Morgan fingerprint density at radius 1 is 1.12 bits per heavy atom. The highest BCUT2D eigenvalue weighted by Crippen LogP contribution is 2.38. The van der Waals surface area contributed by atoms with Gasteiger partial charge in [0.1, 0.15) is 17.7 Å². The predicted octanol–water partition coefficient (Wildman–Crippen LogP) is 3.67. The summed E-state index contributed by atoms with van der Waals surface area (Å²) in [4.78, 5) is 29.7. The lowest BCUT2D eigenvalue weighted by atomic mass is 10.1. The van der Waals surface area contributed by atoms with Gasteiger partial charge in [-0.3, -0.25) is 19.7 Å². The lowest BCUT2D eigenvalue weighted by molar-refractivity contribution is -0.152. The molecule has 0 aromatic heterocycles. The number of esters is 1. The Balaban J connectivity index is 1.39. The molecule has 1 atom stereocenters. The molecular weight excluding hydrogens is 408 g/mol. The Bertz CT molecular complexity index is 780. The molecule has 1 aromatic rings. The van der Waals surface area contributed by atoms with E-state index in [1.807, 2.05) is 45.0 Å². The fourth-order valence-electron chi connectivity index (χ4n) is 3.59. The van der Waals surface area contributed by atoms with Crippen LogP contribution in [0.2, 0.25) is 0 Å². The molecule has 0 radical (unpaired) electrons. The molecule has 32 heavy (non-hydrogen) atoms. The molecule has 2 N–H and O–H groups in total. The highest BCUT2D eigenvalue weighted by atomic mass is 16.7. The number of hydrogen-bond acceptors (Lipinski definition) is 6. The summed E-state index contributed by atoms with van der Waals surface area (Å²) in [5, 5.41) is 3.39. The van der Waals surface area contributed by atoms with E-state index in [-0.39, 0.29) is 30.2 Å². The molecule has 0 bridgehead atoms. The van der Waals surface area contributed by atoms with Crippen molar-refractivity contribution in [2.75, 3.05) is 6.61 Å². The number of amides is 1. The Kier molecular flexibility index (Phi) is 8.84. The summed E-state index contributed by atoms with van der Waals surface area (Å²) in [6, 6.07) is 7.87. The van der Waals surface area contributed by atoms with Gasteiger partial charge < -0.3 is 9.47 Å². The van der Waals surface area contributed by atoms with Crippen LogP contribution >= 0.6 is 0 Å². The van der Waals surface area contributed by atoms with Crippen molar-refractivity contribution in [3.8, 4) is 0 Å². The van der Waals surface area contributed by atoms with Gasteiger partial charge in [-0.05, 0) is 76.5 Å². The lowest BCUT2D eigenvalue weighted by Gasteiger charge is -2.19. The van der Waals surface area contributed by atoms with Crippen LogP contribution in [0.25, 0.3) is 6.08 Å². The van der Waals surface area contributed by atoms with Gasteiger partial charge in [-0.1, -0.05) is 24.3 Å². The SMILES string of the molecule is CC(C)OCC(C)ONC(=O)/C=C/c1ccc(CNC2(C(=O)OC3CCCC3)CC2)cc1. The maximum Gasteiger partial charge on any atom is 0.326 e. The Labute approximate surface area is 190 Å². The number of carbonyl (C=O) groups excluding carboxylic acids is 2. The molecule has 1 amide bonds. The Morgan fingerprint density at radius 2 is 1.81 bits per heavy atom. The molecule has 0 heterocycles. The van der Waals surface area contributed by atoms with E-state index in [0.717, 1.165) is 49.7 Å². The van der Waals surface area contributed by atoms with Crippen molar-refractivity contribution < 1.29 is 23.9 Å². The van der Waals surface area contributed by atoms with Crippen LogP contribution in [-0.2, 0) is 30.4 Å². The minimum absolute atomic E-state index is 0.0951. The van der Waals surface area contributed by atoms with E-state index >= 15 is 0 Å². The van der Waals surface area contributed by atoms with Crippen LogP contribution in [0.15, 0.2) is 30.3 Å². The van der Waals surface area contributed by atoms with E-state index in [2.05, 4.69) is 10.8 Å². The van der Waals surface area contributed by atoms with Crippen LogP contribution in [0.5, 0.6) is 0 Å². The normalized spacial score (nSPS) is 18.8. The van der Waals surface area contributed by atoms with E-state index in [0.29, 0.717) is 13.2 Å². The quantitative estimate of drug-likeness (QED) is 0.291. The first-order valence-electron chi connectivity index (χ1n) is 11.7. The van der Waals surface area contributed by atoms with Gasteiger partial charge in [-0.2, -0.15) is 0 Å². The predicted molar refractivity (Wildman–Crippen MR) is 122 cm³/mol. The van der Waals surface area contributed by atoms with Gasteiger partial charge in [-0.25, -0.2) is 5.48 Å². The standard InChI is InChI=1S/C25H36N2O5/c1-18(2)30-17-19(3)32-27-23(28)13-12-20-8-10-21(11-9-20)16-26-25(14-15-25)24(29)31-22-6-4-5-7-22/h8-13,18-19,22,26H,4-7,14-17H2,1-3H3,(H,27,28)/b13-12+. The first-order chi connectivity index (χ1) is 15.4. The van der Waals surface area contributed by atoms with Crippen LogP contribution in [0.4, 0.5) is 0 Å². The average molecular weight is 445 g/mol. The summed E-state index contributed by atoms with van der Waals surface area (Å²) in [5.74, 6) is -0.425. The van der Waals surface area contributed by atoms with Crippen molar-refractivity contribution in [1.29, 1.82) is 0 Å². The van der Waals surface area contributed by atoms with Crippen molar-refractivity contribution in [1.82, 2.24) is 10.8 Å². The fourth-order valence-corrected chi connectivity index (χ4v) is 3.59. The maximum absolute atomic E-state index is 12.5.